The number of imidazole rings is 1. The second-order valence-electron chi connectivity index (χ2n) is 6.96. The molecule has 1 aromatic heterocycles. The maximum atomic E-state index is 5.98. The Hall–Kier alpha value is -3.04. The van der Waals surface area contributed by atoms with Crippen molar-refractivity contribution in [2.45, 2.75) is 19.9 Å². The normalized spacial score (nSPS) is 11.4. The second kappa shape index (κ2) is 8.97. The van der Waals surface area contributed by atoms with Crippen LogP contribution in [-0.2, 0) is 6.54 Å². The molecular weight excluding hydrogens is 380 g/mol. The number of hydrogen-bond acceptors (Lipinski definition) is 2. The van der Waals surface area contributed by atoms with Crippen molar-refractivity contribution < 1.29 is 4.74 Å². The lowest BCUT2D eigenvalue weighted by atomic mass is 10.2. The molecule has 0 amide bonds. The first-order valence-electron chi connectivity index (χ1n) is 9.78. The molecule has 1 heterocycles. The van der Waals surface area contributed by atoms with E-state index in [1.54, 1.807) is 0 Å². The SMILES string of the molecule is Cc1ccccc1OCCCn1c(/C=C/c2ccc(Cl)cc2)nc2ccccc21. The third kappa shape index (κ3) is 4.69. The quantitative estimate of drug-likeness (QED) is 0.324. The lowest BCUT2D eigenvalue weighted by molar-refractivity contribution is 0.300. The van der Waals surface area contributed by atoms with Crippen LogP contribution in [0, 0.1) is 6.92 Å². The summed E-state index contributed by atoms with van der Waals surface area (Å²) in [4.78, 5) is 4.81. The standard InChI is InChI=1S/C25H23ClN2O/c1-19-7-2-5-10-24(19)29-18-6-17-28-23-9-4-3-8-22(23)27-25(28)16-13-20-11-14-21(26)15-12-20/h2-5,7-16H,6,17-18H2,1H3/b16-13+. The van der Waals surface area contributed by atoms with Gasteiger partial charge < -0.3 is 9.30 Å². The molecule has 0 atom stereocenters. The Kier molecular flexibility index (Phi) is 5.97. The molecular formula is C25H23ClN2O. The highest BCUT2D eigenvalue weighted by Crippen LogP contribution is 2.20. The highest BCUT2D eigenvalue weighted by molar-refractivity contribution is 6.30. The molecule has 0 spiro atoms. The van der Waals surface area contributed by atoms with Gasteiger partial charge in [-0.05, 0) is 60.9 Å². The number of nitrogens with zero attached hydrogens (tertiary/aromatic N) is 2. The molecule has 3 aromatic carbocycles. The molecule has 0 unspecified atom stereocenters. The molecule has 0 aliphatic rings. The molecule has 4 rings (SSSR count). The summed E-state index contributed by atoms with van der Waals surface area (Å²) < 4.78 is 8.22. The van der Waals surface area contributed by atoms with Crippen LogP contribution in [0.3, 0.4) is 0 Å². The molecule has 0 fully saturated rings. The number of ether oxygens (including phenoxy) is 1. The van der Waals surface area contributed by atoms with Crippen molar-refractivity contribution in [3.05, 3.63) is 94.8 Å². The third-order valence-electron chi connectivity index (χ3n) is 4.86. The van der Waals surface area contributed by atoms with Gasteiger partial charge in [0.1, 0.15) is 11.6 Å². The van der Waals surface area contributed by atoms with Crippen LogP contribution < -0.4 is 4.74 Å². The fourth-order valence-corrected chi connectivity index (χ4v) is 3.45. The van der Waals surface area contributed by atoms with Crippen molar-refractivity contribution in [1.29, 1.82) is 0 Å². The molecule has 0 aliphatic heterocycles. The summed E-state index contributed by atoms with van der Waals surface area (Å²) in [6, 6.07) is 24.2. The van der Waals surface area contributed by atoms with E-state index >= 15 is 0 Å². The van der Waals surface area contributed by atoms with E-state index in [1.807, 2.05) is 48.5 Å². The summed E-state index contributed by atoms with van der Waals surface area (Å²) in [5.74, 6) is 1.89. The van der Waals surface area contributed by atoms with Gasteiger partial charge in [-0.25, -0.2) is 4.98 Å². The number of aryl methyl sites for hydroxylation is 2. The Morgan fingerprint density at radius 1 is 0.931 bits per heavy atom. The van der Waals surface area contributed by atoms with Crippen LogP contribution in [0.1, 0.15) is 23.4 Å². The van der Waals surface area contributed by atoms with Gasteiger partial charge in [0.2, 0.25) is 0 Å². The van der Waals surface area contributed by atoms with Gasteiger partial charge in [0, 0.05) is 11.6 Å². The van der Waals surface area contributed by atoms with E-state index in [-0.39, 0.29) is 0 Å². The van der Waals surface area contributed by atoms with Gasteiger partial charge in [0.25, 0.3) is 0 Å². The van der Waals surface area contributed by atoms with E-state index in [0.717, 1.165) is 51.7 Å². The van der Waals surface area contributed by atoms with E-state index < -0.39 is 0 Å². The van der Waals surface area contributed by atoms with E-state index in [4.69, 9.17) is 21.3 Å². The average Bonchev–Trinajstić information content (AvgIpc) is 3.09. The summed E-state index contributed by atoms with van der Waals surface area (Å²) in [5, 5.41) is 0.739. The van der Waals surface area contributed by atoms with Crippen LogP contribution in [0.5, 0.6) is 5.75 Å². The second-order valence-corrected chi connectivity index (χ2v) is 7.40. The Morgan fingerprint density at radius 3 is 2.52 bits per heavy atom. The first-order chi connectivity index (χ1) is 14.2. The van der Waals surface area contributed by atoms with Gasteiger partial charge in [-0.15, -0.1) is 0 Å². The zero-order valence-corrected chi connectivity index (χ0v) is 17.1. The highest BCUT2D eigenvalue weighted by Gasteiger charge is 2.08. The monoisotopic (exact) mass is 402 g/mol. The topological polar surface area (TPSA) is 27.1 Å². The minimum absolute atomic E-state index is 0.664. The molecule has 0 saturated carbocycles. The number of rotatable bonds is 7. The zero-order valence-electron chi connectivity index (χ0n) is 16.4. The molecule has 0 aliphatic carbocycles. The average molecular weight is 403 g/mol. The lowest BCUT2D eigenvalue weighted by Gasteiger charge is -2.10. The van der Waals surface area contributed by atoms with E-state index in [0.29, 0.717) is 6.61 Å². The molecule has 0 N–H and O–H groups in total. The first-order valence-corrected chi connectivity index (χ1v) is 10.2. The maximum Gasteiger partial charge on any atom is 0.133 e. The van der Waals surface area contributed by atoms with Crippen molar-refractivity contribution in [2.24, 2.45) is 0 Å². The molecule has 146 valence electrons. The lowest BCUT2D eigenvalue weighted by Crippen LogP contribution is -2.06. The van der Waals surface area contributed by atoms with Crippen molar-refractivity contribution >= 4 is 34.8 Å². The molecule has 0 bridgehead atoms. The third-order valence-corrected chi connectivity index (χ3v) is 5.11. The van der Waals surface area contributed by atoms with Gasteiger partial charge in [-0.1, -0.05) is 60.1 Å². The molecule has 0 radical (unpaired) electrons. The number of benzene rings is 3. The highest BCUT2D eigenvalue weighted by atomic mass is 35.5. The van der Waals surface area contributed by atoms with Crippen molar-refractivity contribution in [1.82, 2.24) is 9.55 Å². The van der Waals surface area contributed by atoms with Gasteiger partial charge in [-0.2, -0.15) is 0 Å². The Bertz CT molecular complexity index is 1130. The van der Waals surface area contributed by atoms with Crippen molar-refractivity contribution in [3.63, 3.8) is 0 Å². The molecule has 4 heteroatoms. The largest absolute Gasteiger partial charge is 0.493 e. The fraction of sp³-hybridized carbons (Fsp3) is 0.160. The minimum atomic E-state index is 0.664. The first kappa shape index (κ1) is 19.3. The fourth-order valence-electron chi connectivity index (χ4n) is 3.32. The van der Waals surface area contributed by atoms with Crippen LogP contribution >= 0.6 is 11.6 Å². The van der Waals surface area contributed by atoms with Gasteiger partial charge in [0.05, 0.1) is 17.6 Å². The number of fused-ring (bicyclic) bond motifs is 1. The van der Waals surface area contributed by atoms with Crippen LogP contribution in [0.25, 0.3) is 23.2 Å². The summed E-state index contributed by atoms with van der Waals surface area (Å²) in [6.45, 7) is 3.57. The predicted octanol–water partition coefficient (Wildman–Crippen LogP) is 6.64. The van der Waals surface area contributed by atoms with Crippen LogP contribution in [0.4, 0.5) is 0 Å². The Morgan fingerprint density at radius 2 is 1.69 bits per heavy atom. The molecule has 29 heavy (non-hydrogen) atoms. The van der Waals surface area contributed by atoms with Crippen LogP contribution in [0.2, 0.25) is 5.02 Å². The zero-order chi connectivity index (χ0) is 20.1. The Labute approximate surface area is 176 Å². The summed E-state index contributed by atoms with van der Waals surface area (Å²) >= 11 is 5.98. The molecule has 0 saturated heterocycles. The predicted molar refractivity (Wildman–Crippen MR) is 121 cm³/mol. The van der Waals surface area contributed by atoms with Crippen LogP contribution in [0.15, 0.2) is 72.8 Å². The maximum absolute atomic E-state index is 5.98. The number of aromatic nitrogens is 2. The summed E-state index contributed by atoms with van der Waals surface area (Å²) in [6.07, 6.45) is 5.03. The summed E-state index contributed by atoms with van der Waals surface area (Å²) in [5.41, 5.74) is 4.39. The van der Waals surface area contributed by atoms with E-state index in [1.165, 1.54) is 0 Å². The van der Waals surface area contributed by atoms with Crippen LogP contribution in [-0.4, -0.2) is 16.2 Å². The Balaban J connectivity index is 1.50. The van der Waals surface area contributed by atoms with Crippen molar-refractivity contribution in [2.75, 3.05) is 6.61 Å². The smallest absolute Gasteiger partial charge is 0.133 e. The van der Waals surface area contributed by atoms with E-state index in [2.05, 4.69) is 47.9 Å². The number of hydrogen-bond donors (Lipinski definition) is 0. The minimum Gasteiger partial charge on any atom is -0.493 e. The number of para-hydroxylation sites is 3. The van der Waals surface area contributed by atoms with Gasteiger partial charge in [0.15, 0.2) is 0 Å². The summed E-state index contributed by atoms with van der Waals surface area (Å²) in [7, 11) is 0. The van der Waals surface area contributed by atoms with E-state index in [9.17, 15) is 0 Å². The molecule has 3 nitrogen and oxygen atoms in total. The van der Waals surface area contributed by atoms with Gasteiger partial charge in [-0.3, -0.25) is 0 Å². The van der Waals surface area contributed by atoms with Crippen molar-refractivity contribution in [3.8, 4) is 5.75 Å². The number of halogens is 1. The van der Waals surface area contributed by atoms with Gasteiger partial charge >= 0.3 is 0 Å². The molecule has 4 aromatic rings.